The van der Waals surface area contributed by atoms with Gasteiger partial charge in [0.25, 0.3) is 0 Å². The maximum Gasteiger partial charge on any atom is 0.335 e. The lowest BCUT2D eigenvalue weighted by Crippen LogP contribution is -2.00. The summed E-state index contributed by atoms with van der Waals surface area (Å²) in [5.41, 5.74) is 3.30. The SMILES string of the molecule is COc1cc(-c2ccc3ncnc(Nc4cccc(C(=O)O)c4)c3c2)ccc1O. The molecule has 4 aromatic rings. The fourth-order valence-corrected chi connectivity index (χ4v) is 3.06. The number of nitrogens with one attached hydrogen (secondary N) is 1. The number of carboxylic acids is 1. The minimum atomic E-state index is -0.996. The van der Waals surface area contributed by atoms with Crippen LogP contribution in [0.25, 0.3) is 22.0 Å². The zero-order valence-electron chi connectivity index (χ0n) is 15.5. The largest absolute Gasteiger partial charge is 0.504 e. The molecule has 0 amide bonds. The van der Waals surface area contributed by atoms with Crippen LogP contribution in [-0.2, 0) is 0 Å². The summed E-state index contributed by atoms with van der Waals surface area (Å²) in [6.07, 6.45) is 1.45. The van der Waals surface area contributed by atoms with E-state index in [0.29, 0.717) is 17.3 Å². The van der Waals surface area contributed by atoms with Gasteiger partial charge in [0.05, 0.1) is 18.2 Å². The number of phenolic OH excluding ortho intramolecular Hbond substituents is 1. The molecule has 0 saturated heterocycles. The molecule has 0 aliphatic heterocycles. The molecule has 1 heterocycles. The molecule has 0 unspecified atom stereocenters. The summed E-state index contributed by atoms with van der Waals surface area (Å²) in [5, 5.41) is 23.0. The highest BCUT2D eigenvalue weighted by Crippen LogP contribution is 2.33. The van der Waals surface area contributed by atoms with Gasteiger partial charge in [-0.25, -0.2) is 14.8 Å². The number of nitrogens with zero attached hydrogens (tertiary/aromatic N) is 2. The molecule has 0 fully saturated rings. The molecule has 1 aromatic heterocycles. The third-order valence-electron chi connectivity index (χ3n) is 4.52. The lowest BCUT2D eigenvalue weighted by Gasteiger charge is -2.11. The summed E-state index contributed by atoms with van der Waals surface area (Å²) in [6, 6.07) is 17.4. The van der Waals surface area contributed by atoms with E-state index < -0.39 is 5.97 Å². The minimum Gasteiger partial charge on any atom is -0.504 e. The second kappa shape index (κ2) is 7.47. The van der Waals surface area contributed by atoms with Crippen molar-refractivity contribution in [1.29, 1.82) is 0 Å². The molecule has 0 spiro atoms. The number of hydrogen-bond acceptors (Lipinski definition) is 6. The molecule has 7 nitrogen and oxygen atoms in total. The number of benzene rings is 3. The second-order valence-electron chi connectivity index (χ2n) is 6.35. The Morgan fingerprint density at radius 1 is 1.00 bits per heavy atom. The topological polar surface area (TPSA) is 105 Å². The molecule has 29 heavy (non-hydrogen) atoms. The first kappa shape index (κ1) is 18.2. The molecular weight excluding hydrogens is 370 g/mol. The summed E-state index contributed by atoms with van der Waals surface area (Å²) in [7, 11) is 1.50. The molecule has 3 aromatic carbocycles. The summed E-state index contributed by atoms with van der Waals surface area (Å²) in [6.45, 7) is 0. The van der Waals surface area contributed by atoms with Crippen LogP contribution in [0.1, 0.15) is 10.4 Å². The van der Waals surface area contributed by atoms with Crippen LogP contribution < -0.4 is 10.1 Å². The van der Waals surface area contributed by atoms with Crippen LogP contribution in [0.4, 0.5) is 11.5 Å². The van der Waals surface area contributed by atoms with Gasteiger partial charge in [-0.2, -0.15) is 0 Å². The highest BCUT2D eigenvalue weighted by molar-refractivity contribution is 5.94. The number of aromatic nitrogens is 2. The second-order valence-corrected chi connectivity index (χ2v) is 6.35. The average Bonchev–Trinajstić information content (AvgIpc) is 2.74. The van der Waals surface area contributed by atoms with E-state index in [1.54, 1.807) is 36.4 Å². The van der Waals surface area contributed by atoms with Crippen LogP contribution in [0, 0.1) is 0 Å². The van der Waals surface area contributed by atoms with Crippen molar-refractivity contribution in [3.63, 3.8) is 0 Å². The Labute approximate surface area is 166 Å². The molecule has 0 atom stereocenters. The third-order valence-corrected chi connectivity index (χ3v) is 4.52. The van der Waals surface area contributed by atoms with Crippen LogP contribution in [0.15, 0.2) is 67.0 Å². The lowest BCUT2D eigenvalue weighted by atomic mass is 10.0. The Balaban J connectivity index is 1.77. The number of carbonyl (C=O) groups is 1. The predicted molar refractivity (Wildman–Crippen MR) is 110 cm³/mol. The number of carboxylic acid groups (broad SMARTS) is 1. The quantitative estimate of drug-likeness (QED) is 0.464. The molecule has 0 aliphatic carbocycles. The van der Waals surface area contributed by atoms with E-state index in [0.717, 1.165) is 22.0 Å². The highest BCUT2D eigenvalue weighted by Gasteiger charge is 2.10. The Morgan fingerprint density at radius 2 is 1.79 bits per heavy atom. The van der Waals surface area contributed by atoms with Crippen molar-refractivity contribution in [2.45, 2.75) is 0 Å². The van der Waals surface area contributed by atoms with Gasteiger partial charge in [0.15, 0.2) is 11.5 Å². The van der Waals surface area contributed by atoms with E-state index in [1.165, 1.54) is 19.5 Å². The van der Waals surface area contributed by atoms with Crippen LogP contribution in [0.2, 0.25) is 0 Å². The van der Waals surface area contributed by atoms with E-state index in [4.69, 9.17) is 4.74 Å². The molecule has 4 rings (SSSR count). The Kier molecular flexibility index (Phi) is 4.70. The van der Waals surface area contributed by atoms with Crippen molar-refractivity contribution in [2.24, 2.45) is 0 Å². The maximum absolute atomic E-state index is 11.2. The molecule has 0 aliphatic rings. The predicted octanol–water partition coefficient (Wildman–Crippen LogP) is 4.45. The van der Waals surface area contributed by atoms with Gasteiger partial charge in [-0.15, -0.1) is 0 Å². The van der Waals surface area contributed by atoms with Gasteiger partial charge < -0.3 is 20.3 Å². The van der Waals surface area contributed by atoms with Gasteiger partial charge in [0.2, 0.25) is 0 Å². The molecule has 0 bridgehead atoms. The molecule has 0 radical (unpaired) electrons. The zero-order valence-corrected chi connectivity index (χ0v) is 15.5. The van der Waals surface area contributed by atoms with Crippen molar-refractivity contribution in [2.75, 3.05) is 12.4 Å². The maximum atomic E-state index is 11.2. The van der Waals surface area contributed by atoms with E-state index >= 15 is 0 Å². The van der Waals surface area contributed by atoms with Crippen molar-refractivity contribution in [1.82, 2.24) is 9.97 Å². The number of methoxy groups -OCH3 is 1. The first-order valence-electron chi connectivity index (χ1n) is 8.77. The Morgan fingerprint density at radius 3 is 2.59 bits per heavy atom. The molecule has 0 saturated carbocycles. The third kappa shape index (κ3) is 3.66. The fraction of sp³-hybridized carbons (Fsp3) is 0.0455. The molecule has 7 heteroatoms. The van der Waals surface area contributed by atoms with Crippen LogP contribution in [-0.4, -0.2) is 33.3 Å². The van der Waals surface area contributed by atoms with E-state index in [9.17, 15) is 15.0 Å². The summed E-state index contributed by atoms with van der Waals surface area (Å²) in [5.74, 6) is 0.0201. The number of fused-ring (bicyclic) bond motifs is 1. The number of rotatable bonds is 5. The van der Waals surface area contributed by atoms with Gasteiger partial charge in [0, 0.05) is 11.1 Å². The van der Waals surface area contributed by atoms with Crippen molar-refractivity contribution in [3.05, 3.63) is 72.6 Å². The minimum absolute atomic E-state index is 0.0704. The summed E-state index contributed by atoms with van der Waals surface area (Å²) >= 11 is 0. The first-order chi connectivity index (χ1) is 14.0. The van der Waals surface area contributed by atoms with Gasteiger partial charge in [-0.3, -0.25) is 0 Å². The van der Waals surface area contributed by atoms with Gasteiger partial charge in [0.1, 0.15) is 12.1 Å². The zero-order chi connectivity index (χ0) is 20.4. The average molecular weight is 387 g/mol. The standard InChI is InChI=1S/C22H17N3O4/c1-29-20-11-14(6-8-19(20)26)13-5-7-18-17(10-13)21(24-12-23-18)25-16-4-2-3-15(9-16)22(27)28/h2-12,26H,1H3,(H,27,28)(H,23,24,25). The number of anilines is 2. The monoisotopic (exact) mass is 387 g/mol. The van der Waals surface area contributed by atoms with E-state index in [-0.39, 0.29) is 11.3 Å². The van der Waals surface area contributed by atoms with E-state index in [1.807, 2.05) is 18.2 Å². The molecule has 144 valence electrons. The van der Waals surface area contributed by atoms with Crippen LogP contribution >= 0.6 is 0 Å². The normalized spacial score (nSPS) is 10.7. The number of aromatic hydroxyl groups is 1. The molecule has 3 N–H and O–H groups in total. The first-order valence-corrected chi connectivity index (χ1v) is 8.77. The molecular formula is C22H17N3O4. The number of phenols is 1. The lowest BCUT2D eigenvalue weighted by molar-refractivity contribution is 0.0697. The number of hydrogen-bond donors (Lipinski definition) is 3. The van der Waals surface area contributed by atoms with Crippen molar-refractivity contribution < 1.29 is 19.7 Å². The summed E-state index contributed by atoms with van der Waals surface area (Å²) < 4.78 is 5.19. The fourth-order valence-electron chi connectivity index (χ4n) is 3.06. The van der Waals surface area contributed by atoms with Crippen molar-refractivity contribution in [3.8, 4) is 22.6 Å². The van der Waals surface area contributed by atoms with E-state index in [2.05, 4.69) is 15.3 Å². The Bertz CT molecular complexity index is 1220. The van der Waals surface area contributed by atoms with Gasteiger partial charge in [-0.1, -0.05) is 18.2 Å². The highest BCUT2D eigenvalue weighted by atomic mass is 16.5. The smallest absolute Gasteiger partial charge is 0.335 e. The number of ether oxygens (including phenoxy) is 1. The van der Waals surface area contributed by atoms with Gasteiger partial charge in [-0.05, 0) is 53.6 Å². The van der Waals surface area contributed by atoms with Crippen LogP contribution in [0.3, 0.4) is 0 Å². The Hall–Kier alpha value is -4.13. The van der Waals surface area contributed by atoms with Gasteiger partial charge >= 0.3 is 5.97 Å². The van der Waals surface area contributed by atoms with Crippen molar-refractivity contribution >= 4 is 28.4 Å². The number of aromatic carboxylic acids is 1. The van der Waals surface area contributed by atoms with Crippen LogP contribution in [0.5, 0.6) is 11.5 Å². The summed E-state index contributed by atoms with van der Waals surface area (Å²) in [4.78, 5) is 19.8.